The number of amides is 2. The smallest absolute Gasteiger partial charge is 0.340 e. The lowest BCUT2D eigenvalue weighted by molar-refractivity contribution is -0.129. The number of carbonyl (C=O) groups excluding carboxylic acids is 3. The third-order valence-corrected chi connectivity index (χ3v) is 4.31. The highest BCUT2D eigenvalue weighted by atomic mass is 32.2. The second-order valence-corrected chi connectivity index (χ2v) is 6.48. The number of thioether (sulfide) groups is 1. The van der Waals surface area contributed by atoms with E-state index < -0.39 is 12.1 Å². The average molecular weight is 352 g/mol. The van der Waals surface area contributed by atoms with E-state index in [1.165, 1.54) is 18.7 Å². The largest absolute Gasteiger partial charge is 0.449 e. The van der Waals surface area contributed by atoms with Crippen LogP contribution in [0.2, 0.25) is 0 Å². The van der Waals surface area contributed by atoms with Crippen LogP contribution in [-0.4, -0.2) is 42.2 Å². The Balaban J connectivity index is 2.83. The predicted molar refractivity (Wildman–Crippen MR) is 94.0 cm³/mol. The lowest BCUT2D eigenvalue weighted by Crippen LogP contribution is -2.35. The highest BCUT2D eigenvalue weighted by Gasteiger charge is 2.22. The third-order valence-electron chi connectivity index (χ3n) is 3.14. The molecule has 0 radical (unpaired) electrons. The molecule has 1 aromatic carbocycles. The van der Waals surface area contributed by atoms with Gasteiger partial charge in [-0.05, 0) is 39.8 Å². The first-order chi connectivity index (χ1) is 11.4. The Hall–Kier alpha value is -2.02. The van der Waals surface area contributed by atoms with Gasteiger partial charge in [-0.3, -0.25) is 9.59 Å². The Morgan fingerprint density at radius 3 is 2.25 bits per heavy atom. The molecule has 0 aliphatic carbocycles. The fourth-order valence-electron chi connectivity index (χ4n) is 1.90. The molecule has 0 aromatic heterocycles. The second kappa shape index (κ2) is 9.97. The van der Waals surface area contributed by atoms with Crippen molar-refractivity contribution < 1.29 is 19.1 Å². The Labute approximate surface area is 146 Å². The number of benzene rings is 1. The van der Waals surface area contributed by atoms with E-state index in [-0.39, 0.29) is 17.1 Å². The van der Waals surface area contributed by atoms with E-state index in [1.807, 2.05) is 6.92 Å². The van der Waals surface area contributed by atoms with E-state index >= 15 is 0 Å². The van der Waals surface area contributed by atoms with E-state index in [0.717, 1.165) is 0 Å². The molecule has 7 heteroatoms. The topological polar surface area (TPSA) is 84.5 Å². The molecule has 1 aromatic rings. The van der Waals surface area contributed by atoms with Gasteiger partial charge in [0.25, 0.3) is 5.91 Å². The van der Waals surface area contributed by atoms with Gasteiger partial charge >= 0.3 is 5.97 Å². The Morgan fingerprint density at radius 1 is 1.04 bits per heavy atom. The van der Waals surface area contributed by atoms with Crippen LogP contribution < -0.4 is 10.6 Å². The zero-order valence-corrected chi connectivity index (χ0v) is 15.2. The molecule has 0 heterocycles. The van der Waals surface area contributed by atoms with Crippen LogP contribution in [0.25, 0.3) is 0 Å². The molecule has 2 N–H and O–H groups in total. The van der Waals surface area contributed by atoms with Gasteiger partial charge in [0, 0.05) is 18.0 Å². The summed E-state index contributed by atoms with van der Waals surface area (Å²) in [7, 11) is 0. The highest BCUT2D eigenvalue weighted by Crippen LogP contribution is 2.27. The summed E-state index contributed by atoms with van der Waals surface area (Å²) in [6, 6.07) is 6.89. The number of hydrogen-bond acceptors (Lipinski definition) is 5. The molecule has 0 aliphatic heterocycles. The van der Waals surface area contributed by atoms with Crippen molar-refractivity contribution in [1.82, 2.24) is 10.6 Å². The zero-order chi connectivity index (χ0) is 18.1. The minimum absolute atomic E-state index is 0.0960. The van der Waals surface area contributed by atoms with Crippen molar-refractivity contribution in [2.45, 2.75) is 43.9 Å². The molecule has 0 bridgehead atoms. The molecule has 0 spiro atoms. The minimum atomic E-state index is -0.878. The van der Waals surface area contributed by atoms with Gasteiger partial charge in [-0.15, -0.1) is 11.8 Å². The van der Waals surface area contributed by atoms with Crippen LogP contribution in [-0.2, 0) is 14.3 Å². The normalized spacial score (nSPS) is 12.8. The van der Waals surface area contributed by atoms with Crippen LogP contribution in [0.15, 0.2) is 29.2 Å². The van der Waals surface area contributed by atoms with Crippen molar-refractivity contribution in [3.8, 4) is 0 Å². The van der Waals surface area contributed by atoms with E-state index in [2.05, 4.69) is 10.6 Å². The second-order valence-electron chi connectivity index (χ2n) is 5.09. The number of likely N-dealkylation sites (N-methyl/N-ethyl adjacent to an activating group) is 1. The molecule has 2 atom stereocenters. The van der Waals surface area contributed by atoms with Gasteiger partial charge in [0.2, 0.25) is 5.91 Å². The molecular formula is C17H24N2O4S. The molecule has 0 fully saturated rings. The summed E-state index contributed by atoms with van der Waals surface area (Å²) in [5.74, 6) is -1.02. The fraction of sp³-hybridized carbons (Fsp3) is 0.471. The summed E-state index contributed by atoms with van der Waals surface area (Å²) < 4.78 is 5.22. The average Bonchev–Trinajstić information content (AvgIpc) is 2.55. The van der Waals surface area contributed by atoms with Gasteiger partial charge < -0.3 is 15.4 Å². The predicted octanol–water partition coefficient (Wildman–Crippen LogP) is 1.98. The molecule has 2 amide bonds. The maximum atomic E-state index is 12.3. The van der Waals surface area contributed by atoms with E-state index in [9.17, 15) is 14.4 Å². The summed E-state index contributed by atoms with van der Waals surface area (Å²) in [5.41, 5.74) is 0.342. The molecule has 1 rings (SSSR count). The number of rotatable bonds is 8. The van der Waals surface area contributed by atoms with E-state index in [4.69, 9.17) is 4.74 Å². The first-order valence-electron chi connectivity index (χ1n) is 7.92. The van der Waals surface area contributed by atoms with Gasteiger partial charge in [0.15, 0.2) is 6.10 Å². The Kier molecular flexibility index (Phi) is 8.32. The van der Waals surface area contributed by atoms with Crippen LogP contribution >= 0.6 is 11.8 Å². The maximum Gasteiger partial charge on any atom is 0.340 e. The standard InChI is InChI=1S/C17H24N2O4S/c1-5-18-15(20)11(3)23-17(22)13-9-7-8-10-14(13)24-12(4)16(21)19-6-2/h7-12H,5-6H2,1-4H3,(H,18,20)(H,19,21)/t11-,12-/m1/s1. The van der Waals surface area contributed by atoms with Crippen LogP contribution in [0, 0.1) is 0 Å². The van der Waals surface area contributed by atoms with Gasteiger partial charge in [-0.1, -0.05) is 12.1 Å². The molecule has 0 saturated heterocycles. The summed E-state index contributed by atoms with van der Waals surface area (Å²) in [6.07, 6.45) is -0.878. The quantitative estimate of drug-likeness (QED) is 0.552. The Morgan fingerprint density at radius 2 is 1.62 bits per heavy atom. The lowest BCUT2D eigenvalue weighted by atomic mass is 10.2. The number of esters is 1. The van der Waals surface area contributed by atoms with Crippen molar-refractivity contribution in [3.63, 3.8) is 0 Å². The van der Waals surface area contributed by atoms with E-state index in [0.29, 0.717) is 23.5 Å². The monoisotopic (exact) mass is 352 g/mol. The van der Waals surface area contributed by atoms with Gasteiger partial charge in [-0.25, -0.2) is 4.79 Å². The molecular weight excluding hydrogens is 328 g/mol. The highest BCUT2D eigenvalue weighted by molar-refractivity contribution is 8.00. The summed E-state index contributed by atoms with van der Waals surface area (Å²) in [5, 5.41) is 5.00. The lowest BCUT2D eigenvalue weighted by Gasteiger charge is -2.16. The van der Waals surface area contributed by atoms with Gasteiger partial charge in [0.1, 0.15) is 0 Å². The SMILES string of the molecule is CCNC(=O)[C@@H](C)OC(=O)c1ccccc1S[C@H](C)C(=O)NCC. The summed E-state index contributed by atoms with van der Waals surface area (Å²) in [4.78, 5) is 36.5. The van der Waals surface area contributed by atoms with Crippen molar-refractivity contribution in [3.05, 3.63) is 29.8 Å². The summed E-state index contributed by atoms with van der Waals surface area (Å²) in [6.45, 7) is 7.96. The van der Waals surface area contributed by atoms with Crippen LogP contribution in [0.4, 0.5) is 0 Å². The molecule has 6 nitrogen and oxygen atoms in total. The van der Waals surface area contributed by atoms with Crippen molar-refractivity contribution >= 4 is 29.5 Å². The number of hydrogen-bond donors (Lipinski definition) is 2. The van der Waals surface area contributed by atoms with Gasteiger partial charge in [-0.2, -0.15) is 0 Å². The number of carbonyl (C=O) groups is 3. The number of nitrogens with one attached hydrogen (secondary N) is 2. The molecule has 132 valence electrons. The first kappa shape index (κ1) is 20.0. The molecule has 24 heavy (non-hydrogen) atoms. The third kappa shape index (κ3) is 5.88. The van der Waals surface area contributed by atoms with Crippen LogP contribution in [0.3, 0.4) is 0 Å². The van der Waals surface area contributed by atoms with Crippen LogP contribution in [0.5, 0.6) is 0 Å². The molecule has 0 unspecified atom stereocenters. The first-order valence-corrected chi connectivity index (χ1v) is 8.80. The van der Waals surface area contributed by atoms with Crippen molar-refractivity contribution in [2.75, 3.05) is 13.1 Å². The van der Waals surface area contributed by atoms with E-state index in [1.54, 1.807) is 38.1 Å². The fourth-order valence-corrected chi connectivity index (χ4v) is 2.90. The zero-order valence-electron chi connectivity index (χ0n) is 14.4. The minimum Gasteiger partial charge on any atom is -0.449 e. The number of ether oxygens (including phenoxy) is 1. The Bertz CT molecular complexity index is 592. The maximum absolute atomic E-state index is 12.3. The summed E-state index contributed by atoms with van der Waals surface area (Å²) >= 11 is 1.28. The molecule has 0 aliphatic rings. The van der Waals surface area contributed by atoms with Crippen molar-refractivity contribution in [2.24, 2.45) is 0 Å². The van der Waals surface area contributed by atoms with Gasteiger partial charge in [0.05, 0.1) is 10.8 Å². The van der Waals surface area contributed by atoms with Crippen LogP contribution in [0.1, 0.15) is 38.1 Å². The van der Waals surface area contributed by atoms with Crippen molar-refractivity contribution in [1.29, 1.82) is 0 Å². The molecule has 0 saturated carbocycles.